The molecule has 1 saturated heterocycles. The Labute approximate surface area is 193 Å². The summed E-state index contributed by atoms with van der Waals surface area (Å²) in [4.78, 5) is 49.5. The lowest BCUT2D eigenvalue weighted by molar-refractivity contribution is -0.177. The summed E-state index contributed by atoms with van der Waals surface area (Å²) in [5.74, 6) is -2.52. The van der Waals surface area contributed by atoms with Gasteiger partial charge in [0.25, 0.3) is 0 Å². The highest BCUT2D eigenvalue weighted by atomic mass is 32.2. The first-order chi connectivity index (χ1) is 14.8. The predicted octanol–water partition coefficient (Wildman–Crippen LogP) is 3.21. The third-order valence-electron chi connectivity index (χ3n) is 6.13. The van der Waals surface area contributed by atoms with Crippen LogP contribution in [0, 0.1) is 11.8 Å². The molecule has 0 N–H and O–H groups in total. The van der Waals surface area contributed by atoms with Crippen LogP contribution in [-0.4, -0.2) is 59.5 Å². The minimum absolute atomic E-state index is 0.0473. The molecule has 1 aliphatic heterocycles. The van der Waals surface area contributed by atoms with Crippen LogP contribution in [-0.2, 0) is 38.1 Å². The Hall–Kier alpha value is -1.87. The van der Waals surface area contributed by atoms with Crippen LogP contribution in [0.3, 0.4) is 0 Å². The average molecular weight is 471 g/mol. The van der Waals surface area contributed by atoms with Crippen molar-refractivity contribution in [2.24, 2.45) is 11.8 Å². The Morgan fingerprint density at radius 3 is 2.34 bits per heavy atom. The van der Waals surface area contributed by atoms with Crippen molar-refractivity contribution < 1.29 is 38.1 Å². The van der Waals surface area contributed by atoms with E-state index in [0.29, 0.717) is 6.42 Å². The summed E-state index contributed by atoms with van der Waals surface area (Å²) in [7, 11) is 0. The average Bonchev–Trinajstić information content (AvgIpc) is 3.33. The van der Waals surface area contributed by atoms with Crippen molar-refractivity contribution in [1.29, 1.82) is 0 Å². The van der Waals surface area contributed by atoms with Crippen LogP contribution in [0.4, 0.5) is 0 Å². The number of rotatable bonds is 6. The molecule has 6 unspecified atom stereocenters. The van der Waals surface area contributed by atoms with Gasteiger partial charge in [-0.3, -0.25) is 14.4 Å². The van der Waals surface area contributed by atoms with Crippen molar-refractivity contribution in [2.75, 3.05) is 6.26 Å². The van der Waals surface area contributed by atoms with Gasteiger partial charge in [0.2, 0.25) is 0 Å². The number of fused-ring (bicyclic) bond motifs is 1. The third kappa shape index (κ3) is 6.34. The molecule has 32 heavy (non-hydrogen) atoms. The van der Waals surface area contributed by atoms with E-state index in [1.165, 1.54) is 31.7 Å². The minimum Gasteiger partial charge on any atom is -0.459 e. The molecule has 6 atom stereocenters. The van der Waals surface area contributed by atoms with Gasteiger partial charge in [-0.2, -0.15) is 0 Å². The van der Waals surface area contributed by atoms with E-state index in [0.717, 1.165) is 0 Å². The monoisotopic (exact) mass is 470 g/mol. The predicted molar refractivity (Wildman–Crippen MR) is 119 cm³/mol. The van der Waals surface area contributed by atoms with Crippen molar-refractivity contribution in [3.8, 4) is 0 Å². The van der Waals surface area contributed by atoms with Crippen LogP contribution in [0.15, 0.2) is 11.5 Å². The van der Waals surface area contributed by atoms with Gasteiger partial charge in [0, 0.05) is 38.7 Å². The fraction of sp³-hybridized carbons (Fsp3) is 0.739. The third-order valence-corrected chi connectivity index (χ3v) is 6.53. The Kier molecular flexibility index (Phi) is 8.56. The molecule has 1 heterocycles. The van der Waals surface area contributed by atoms with Crippen LogP contribution in [0.25, 0.3) is 0 Å². The van der Waals surface area contributed by atoms with Crippen LogP contribution in [0.1, 0.15) is 60.8 Å². The van der Waals surface area contributed by atoms with Gasteiger partial charge >= 0.3 is 17.9 Å². The molecule has 2 fully saturated rings. The van der Waals surface area contributed by atoms with Gasteiger partial charge in [-0.15, -0.1) is 11.8 Å². The van der Waals surface area contributed by atoms with Crippen molar-refractivity contribution >= 4 is 35.5 Å². The number of Topliss-reactive ketones (excluding diaryl/α,β-unsaturated/α-hetero) is 1. The molecule has 1 aliphatic carbocycles. The number of ketones is 1. The second kappa shape index (κ2) is 10.4. The number of hydrogen-bond donors (Lipinski definition) is 0. The van der Waals surface area contributed by atoms with Crippen LogP contribution in [0.5, 0.6) is 0 Å². The second-order valence-corrected chi connectivity index (χ2v) is 9.96. The molecule has 9 heteroatoms. The molecule has 0 bridgehead atoms. The lowest BCUT2D eigenvalue weighted by Crippen LogP contribution is -2.51. The smallest absolute Gasteiger partial charge is 0.331 e. The molecule has 0 spiro atoms. The highest BCUT2D eigenvalue weighted by Gasteiger charge is 2.62. The first-order valence-corrected chi connectivity index (χ1v) is 12.1. The van der Waals surface area contributed by atoms with Crippen LogP contribution in [0.2, 0.25) is 0 Å². The number of esters is 3. The quantitative estimate of drug-likeness (QED) is 0.250. The number of thioether (sulfide) groups is 1. The molecular weight excluding hydrogens is 436 g/mol. The van der Waals surface area contributed by atoms with Crippen molar-refractivity contribution in [3.05, 3.63) is 11.5 Å². The van der Waals surface area contributed by atoms with Gasteiger partial charge in [0.15, 0.2) is 11.4 Å². The summed E-state index contributed by atoms with van der Waals surface area (Å²) >= 11 is 1.34. The van der Waals surface area contributed by atoms with Gasteiger partial charge in [-0.1, -0.05) is 13.8 Å². The molecule has 0 aromatic heterocycles. The molecule has 2 rings (SSSR count). The molecule has 1 saturated carbocycles. The van der Waals surface area contributed by atoms with Gasteiger partial charge in [0.1, 0.15) is 18.3 Å². The summed E-state index contributed by atoms with van der Waals surface area (Å²) in [5, 5.41) is 1.59. The molecular formula is C23H34O8S. The van der Waals surface area contributed by atoms with Crippen molar-refractivity contribution in [1.82, 2.24) is 0 Å². The first-order valence-electron chi connectivity index (χ1n) is 10.8. The lowest BCUT2D eigenvalue weighted by Gasteiger charge is -2.39. The zero-order valence-corrected chi connectivity index (χ0v) is 20.7. The molecule has 0 aromatic carbocycles. The van der Waals surface area contributed by atoms with E-state index in [9.17, 15) is 19.2 Å². The summed E-state index contributed by atoms with van der Waals surface area (Å²) in [6.07, 6.45) is 1.60. The topological polar surface area (TPSA) is 108 Å². The number of ether oxygens (including phenoxy) is 4. The number of carbonyl (C=O) groups is 4. The van der Waals surface area contributed by atoms with E-state index in [2.05, 4.69) is 0 Å². The maximum Gasteiger partial charge on any atom is 0.331 e. The summed E-state index contributed by atoms with van der Waals surface area (Å²) in [6.45, 7) is 9.83. The summed E-state index contributed by atoms with van der Waals surface area (Å²) in [5.41, 5.74) is -2.16. The minimum atomic E-state index is -1.49. The zero-order valence-electron chi connectivity index (χ0n) is 19.8. The Morgan fingerprint density at radius 1 is 1.16 bits per heavy atom. The van der Waals surface area contributed by atoms with E-state index in [1.807, 2.05) is 27.0 Å². The standard InChI is InChI=1S/C23H34O8S/c1-13(2)19-16(29-18(27)9-11-32-7)12-23(6,30-15(4)25)17(26)8-10-22(5)21(31-22)20(19)28-14(3)24/h9,11,13,16,19-21H,8,10,12H2,1-7H3. The van der Waals surface area contributed by atoms with Crippen LogP contribution < -0.4 is 0 Å². The molecule has 0 aromatic rings. The molecule has 8 nitrogen and oxygen atoms in total. The maximum atomic E-state index is 13.2. The molecule has 2 aliphatic rings. The fourth-order valence-corrected chi connectivity index (χ4v) is 4.78. The summed E-state index contributed by atoms with van der Waals surface area (Å²) < 4.78 is 23.0. The van der Waals surface area contributed by atoms with E-state index < -0.39 is 53.3 Å². The number of carbonyl (C=O) groups excluding carboxylic acids is 4. The van der Waals surface area contributed by atoms with E-state index in [-0.39, 0.29) is 24.5 Å². The largest absolute Gasteiger partial charge is 0.459 e. The Morgan fingerprint density at radius 2 is 1.81 bits per heavy atom. The van der Waals surface area contributed by atoms with E-state index in [4.69, 9.17) is 18.9 Å². The van der Waals surface area contributed by atoms with Crippen molar-refractivity contribution in [2.45, 2.75) is 90.3 Å². The highest BCUT2D eigenvalue weighted by molar-refractivity contribution is 8.01. The second-order valence-electron chi connectivity index (χ2n) is 9.21. The summed E-state index contributed by atoms with van der Waals surface area (Å²) in [6, 6.07) is 0. The zero-order chi connectivity index (χ0) is 24.3. The normalized spacial score (nSPS) is 35.2. The van der Waals surface area contributed by atoms with Gasteiger partial charge in [-0.05, 0) is 37.9 Å². The van der Waals surface area contributed by atoms with Gasteiger partial charge in [0.05, 0.1) is 5.60 Å². The Bertz CT molecular complexity index is 778. The van der Waals surface area contributed by atoms with Crippen LogP contribution >= 0.6 is 11.8 Å². The van der Waals surface area contributed by atoms with E-state index in [1.54, 1.807) is 12.3 Å². The molecule has 180 valence electrons. The van der Waals surface area contributed by atoms with Gasteiger partial charge in [-0.25, -0.2) is 4.79 Å². The fourth-order valence-electron chi connectivity index (χ4n) is 4.53. The number of hydrogen-bond acceptors (Lipinski definition) is 9. The van der Waals surface area contributed by atoms with Crippen molar-refractivity contribution in [3.63, 3.8) is 0 Å². The molecule has 0 amide bonds. The molecule has 0 radical (unpaired) electrons. The highest BCUT2D eigenvalue weighted by Crippen LogP contribution is 2.49. The number of epoxide rings is 1. The first kappa shape index (κ1) is 26.4. The maximum absolute atomic E-state index is 13.2. The van der Waals surface area contributed by atoms with Gasteiger partial charge < -0.3 is 18.9 Å². The SMILES string of the molecule is CSC=CC(=O)OC1CC(C)(OC(C)=O)C(=O)CCC2(C)OC2C(OC(C)=O)C1C(C)C. The Balaban J connectivity index is 2.56. The van der Waals surface area contributed by atoms with E-state index >= 15 is 0 Å². The lowest BCUT2D eigenvalue weighted by atomic mass is 9.74.